The van der Waals surface area contributed by atoms with Crippen LogP contribution in [0.1, 0.15) is 23.4 Å². The fourth-order valence-corrected chi connectivity index (χ4v) is 3.80. The number of anilines is 1. The molecule has 1 aromatic heterocycles. The second kappa shape index (κ2) is 8.63. The van der Waals surface area contributed by atoms with Crippen LogP contribution in [0.5, 0.6) is 0 Å². The topological polar surface area (TPSA) is 72.5 Å². The van der Waals surface area contributed by atoms with Crippen LogP contribution >= 0.6 is 0 Å². The molecule has 1 aliphatic rings. The van der Waals surface area contributed by atoms with Gasteiger partial charge in [0.2, 0.25) is 11.8 Å². The zero-order chi connectivity index (χ0) is 21.1. The van der Waals surface area contributed by atoms with Crippen molar-refractivity contribution in [2.75, 3.05) is 38.6 Å². The van der Waals surface area contributed by atoms with Crippen LogP contribution < -0.4 is 4.90 Å². The largest absolute Gasteiger partial charge is 0.367 e. The summed E-state index contributed by atoms with van der Waals surface area (Å²) in [5.74, 6) is -0.446. The number of carbonyl (C=O) groups excluding carboxylic acids is 2. The molecule has 0 aliphatic carbocycles. The first-order valence-corrected chi connectivity index (χ1v) is 9.79. The Kier molecular flexibility index (Phi) is 6.20. The average Bonchev–Trinajstić information content (AvgIpc) is 3.03. The molecular formula is C21H28FN5O2. The lowest BCUT2D eigenvalue weighted by Crippen LogP contribution is -2.60. The predicted molar refractivity (Wildman–Crippen MR) is 109 cm³/mol. The van der Waals surface area contributed by atoms with Gasteiger partial charge in [-0.1, -0.05) is 0 Å². The number of aryl methyl sites for hydroxylation is 2. The summed E-state index contributed by atoms with van der Waals surface area (Å²) in [6.07, 6.45) is 0.920. The molecule has 29 heavy (non-hydrogen) atoms. The molecule has 1 fully saturated rings. The van der Waals surface area contributed by atoms with Crippen molar-refractivity contribution >= 4 is 17.5 Å². The van der Waals surface area contributed by atoms with Crippen molar-refractivity contribution in [3.63, 3.8) is 0 Å². The third kappa shape index (κ3) is 4.58. The second-order valence-corrected chi connectivity index (χ2v) is 7.67. The van der Waals surface area contributed by atoms with Gasteiger partial charge >= 0.3 is 0 Å². The number of hydrogen-bond donors (Lipinski definition) is 1. The Morgan fingerprint density at radius 3 is 2.48 bits per heavy atom. The Morgan fingerprint density at radius 2 is 1.90 bits per heavy atom. The van der Waals surface area contributed by atoms with E-state index in [1.165, 1.54) is 17.0 Å². The number of halogens is 1. The minimum atomic E-state index is -0.567. The van der Waals surface area contributed by atoms with Crippen LogP contribution in [-0.4, -0.2) is 71.6 Å². The van der Waals surface area contributed by atoms with E-state index in [2.05, 4.69) is 10.2 Å². The molecule has 0 bridgehead atoms. The van der Waals surface area contributed by atoms with Gasteiger partial charge in [-0.2, -0.15) is 5.10 Å². The van der Waals surface area contributed by atoms with Gasteiger partial charge in [0.15, 0.2) is 0 Å². The Bertz CT molecular complexity index is 858. The average molecular weight is 401 g/mol. The summed E-state index contributed by atoms with van der Waals surface area (Å²) in [6.45, 7) is 5.29. The number of benzene rings is 1. The summed E-state index contributed by atoms with van der Waals surface area (Å²) >= 11 is 0. The fourth-order valence-electron chi connectivity index (χ4n) is 3.80. The lowest BCUT2D eigenvalue weighted by molar-refractivity contribution is -0.144. The van der Waals surface area contributed by atoms with E-state index in [0.717, 1.165) is 22.6 Å². The highest BCUT2D eigenvalue weighted by Crippen LogP contribution is 2.22. The molecule has 1 atom stereocenters. The van der Waals surface area contributed by atoms with Crippen molar-refractivity contribution < 1.29 is 14.0 Å². The number of piperazine rings is 1. The number of hydrogen-bond acceptors (Lipinski definition) is 4. The van der Waals surface area contributed by atoms with Crippen molar-refractivity contribution in [2.45, 2.75) is 32.7 Å². The molecule has 2 heterocycles. The zero-order valence-corrected chi connectivity index (χ0v) is 17.4. The number of H-pyrrole nitrogens is 1. The summed E-state index contributed by atoms with van der Waals surface area (Å²) in [7, 11) is 3.39. The number of carbonyl (C=O) groups is 2. The fraction of sp³-hybridized carbons (Fsp3) is 0.476. The van der Waals surface area contributed by atoms with Crippen LogP contribution in [0.15, 0.2) is 24.3 Å². The number of nitrogens with zero attached hydrogens (tertiary/aromatic N) is 4. The molecule has 8 heteroatoms. The summed E-state index contributed by atoms with van der Waals surface area (Å²) in [6, 6.07) is 5.65. The summed E-state index contributed by atoms with van der Waals surface area (Å²) in [4.78, 5) is 31.0. The van der Waals surface area contributed by atoms with Crippen molar-refractivity contribution in [2.24, 2.45) is 0 Å². The molecule has 2 amide bonds. The van der Waals surface area contributed by atoms with Crippen LogP contribution in [0.25, 0.3) is 0 Å². The van der Waals surface area contributed by atoms with Gasteiger partial charge in [-0.15, -0.1) is 0 Å². The second-order valence-electron chi connectivity index (χ2n) is 7.67. The van der Waals surface area contributed by atoms with Crippen molar-refractivity contribution in [1.29, 1.82) is 0 Å². The first-order chi connectivity index (χ1) is 13.8. The molecule has 3 rings (SSSR count). The van der Waals surface area contributed by atoms with Crippen LogP contribution in [0.3, 0.4) is 0 Å². The van der Waals surface area contributed by atoms with Crippen LogP contribution in [0.2, 0.25) is 0 Å². The molecule has 0 radical (unpaired) electrons. The maximum absolute atomic E-state index is 13.3. The van der Waals surface area contributed by atoms with E-state index >= 15 is 0 Å². The molecular weight excluding hydrogens is 373 g/mol. The van der Waals surface area contributed by atoms with E-state index in [1.54, 1.807) is 31.1 Å². The zero-order valence-electron chi connectivity index (χ0n) is 17.4. The first kappa shape index (κ1) is 20.8. The van der Waals surface area contributed by atoms with Gasteiger partial charge in [0.1, 0.15) is 11.9 Å². The van der Waals surface area contributed by atoms with Crippen molar-refractivity contribution in [1.82, 2.24) is 20.0 Å². The normalized spacial score (nSPS) is 16.8. The first-order valence-electron chi connectivity index (χ1n) is 9.79. The summed E-state index contributed by atoms with van der Waals surface area (Å²) in [5, 5.41) is 7.12. The van der Waals surface area contributed by atoms with Gasteiger partial charge < -0.3 is 14.7 Å². The molecule has 1 unspecified atom stereocenters. The van der Waals surface area contributed by atoms with Crippen molar-refractivity contribution in [3.05, 3.63) is 47.0 Å². The molecule has 0 saturated carbocycles. The van der Waals surface area contributed by atoms with Gasteiger partial charge in [-0.05, 0) is 50.1 Å². The van der Waals surface area contributed by atoms with E-state index in [4.69, 9.17) is 0 Å². The summed E-state index contributed by atoms with van der Waals surface area (Å²) in [5.41, 5.74) is 3.77. The third-order valence-corrected chi connectivity index (χ3v) is 5.49. The lowest BCUT2D eigenvalue weighted by atomic mass is 10.0. The highest BCUT2D eigenvalue weighted by atomic mass is 19.1. The monoisotopic (exact) mass is 401 g/mol. The van der Waals surface area contributed by atoms with Crippen molar-refractivity contribution in [3.8, 4) is 0 Å². The molecule has 1 aliphatic heterocycles. The molecule has 1 N–H and O–H groups in total. The quantitative estimate of drug-likeness (QED) is 0.831. The summed E-state index contributed by atoms with van der Waals surface area (Å²) < 4.78 is 13.3. The van der Waals surface area contributed by atoms with E-state index < -0.39 is 6.04 Å². The highest BCUT2D eigenvalue weighted by molar-refractivity contribution is 5.88. The number of amides is 2. The lowest BCUT2D eigenvalue weighted by Gasteiger charge is -2.42. The Hall–Kier alpha value is -2.90. The number of nitrogens with one attached hydrogen (secondary N) is 1. The SMILES string of the molecule is Cc1n[nH]c(C)c1CCC(=O)N1CCN(c2ccc(F)cc2)CC1C(=O)N(C)C. The van der Waals surface area contributed by atoms with Crippen LogP contribution in [0.4, 0.5) is 10.1 Å². The van der Waals surface area contributed by atoms with Gasteiger partial charge in [0.05, 0.1) is 5.69 Å². The van der Waals surface area contributed by atoms with E-state index in [0.29, 0.717) is 32.5 Å². The molecule has 1 saturated heterocycles. The standard InChI is InChI=1S/C21H28FN5O2/c1-14-18(15(2)24-23-14)9-10-20(28)27-12-11-26(13-19(27)21(29)25(3)4)17-7-5-16(22)6-8-17/h5-8,19H,9-13H2,1-4H3,(H,23,24). The Morgan fingerprint density at radius 1 is 1.21 bits per heavy atom. The number of aromatic amines is 1. The minimum Gasteiger partial charge on any atom is -0.367 e. The highest BCUT2D eigenvalue weighted by Gasteiger charge is 2.36. The van der Waals surface area contributed by atoms with Gasteiger partial charge in [-0.25, -0.2) is 4.39 Å². The van der Waals surface area contributed by atoms with E-state index in [9.17, 15) is 14.0 Å². The maximum Gasteiger partial charge on any atom is 0.246 e. The maximum atomic E-state index is 13.3. The van der Waals surface area contributed by atoms with Gasteiger partial charge in [-0.3, -0.25) is 14.7 Å². The molecule has 7 nitrogen and oxygen atoms in total. The minimum absolute atomic E-state index is 0.0380. The van der Waals surface area contributed by atoms with Crippen LogP contribution in [0, 0.1) is 19.7 Å². The van der Waals surface area contributed by atoms with Gasteiger partial charge in [0.25, 0.3) is 0 Å². The Labute approximate surface area is 170 Å². The molecule has 0 spiro atoms. The van der Waals surface area contributed by atoms with Crippen LogP contribution in [-0.2, 0) is 16.0 Å². The number of aromatic nitrogens is 2. The molecule has 2 aromatic rings. The predicted octanol–water partition coefficient (Wildman–Crippen LogP) is 1.90. The molecule has 156 valence electrons. The smallest absolute Gasteiger partial charge is 0.246 e. The van der Waals surface area contributed by atoms with E-state index in [-0.39, 0.29) is 17.6 Å². The van der Waals surface area contributed by atoms with Gasteiger partial charge in [0, 0.05) is 51.5 Å². The third-order valence-electron chi connectivity index (χ3n) is 5.49. The number of likely N-dealkylation sites (N-methyl/N-ethyl adjacent to an activating group) is 1. The Balaban J connectivity index is 1.73. The van der Waals surface area contributed by atoms with E-state index in [1.807, 2.05) is 18.7 Å². The number of rotatable bonds is 5. The molecule has 1 aromatic carbocycles.